The topological polar surface area (TPSA) is 120 Å². The first-order chi connectivity index (χ1) is 22.5. The van der Waals surface area contributed by atoms with Gasteiger partial charge in [-0.15, -0.1) is 0 Å². The van der Waals surface area contributed by atoms with Crippen LogP contribution in [0.2, 0.25) is 0 Å². The normalized spacial score (nSPS) is 30.6. The molecule has 10 nitrogen and oxygen atoms in total. The third-order valence-electron chi connectivity index (χ3n) is 10.8. The number of fused-ring (bicyclic) bond motifs is 4. The second kappa shape index (κ2) is 13.4. The molecule has 4 aliphatic rings. The van der Waals surface area contributed by atoms with Crippen molar-refractivity contribution in [3.8, 4) is 5.88 Å². The van der Waals surface area contributed by atoms with Crippen LogP contribution in [0.1, 0.15) is 103 Å². The van der Waals surface area contributed by atoms with Gasteiger partial charge in [-0.3, -0.25) is 9.59 Å². The molecule has 0 radical (unpaired) electrons. The van der Waals surface area contributed by atoms with E-state index in [1.807, 2.05) is 20.8 Å². The van der Waals surface area contributed by atoms with Crippen molar-refractivity contribution in [1.82, 2.24) is 20.2 Å². The summed E-state index contributed by atoms with van der Waals surface area (Å²) < 4.78 is 51.3. The number of hydrogen-bond acceptors (Lipinski definition) is 8. The zero-order valence-electron chi connectivity index (χ0n) is 29.2. The number of alkyl carbamates (subject to hydrolysis) is 1. The molecule has 2 aliphatic carbocycles. The fourth-order valence-electron chi connectivity index (χ4n) is 7.76. The standard InChI is InChI=1S/C36H50F2N4O6/c1-9-24(46-8)18-25-21(3)39-29-31(40-25)47-27-19-42(28(20(27)2)22(4)43)32(44)30(34(5,6)7)41-33(45)48-26-14-10-12-23(26)13-11-15-35(16-17-35)36(29,37)38/h9,18,20,23,26-28,30H,1,10-17,19H2,2-8H3,(H,41,45)/b24-18+/t20-,23+,26-,27+,28+,30-/m1/s1. The van der Waals surface area contributed by atoms with Gasteiger partial charge in [0.2, 0.25) is 11.8 Å². The van der Waals surface area contributed by atoms with Gasteiger partial charge in [-0.1, -0.05) is 40.7 Å². The van der Waals surface area contributed by atoms with Crippen molar-refractivity contribution in [2.45, 2.75) is 123 Å². The fraction of sp³-hybridized carbons (Fsp3) is 0.694. The molecule has 2 aliphatic heterocycles. The van der Waals surface area contributed by atoms with Crippen LogP contribution in [0, 0.1) is 29.6 Å². The van der Waals surface area contributed by atoms with Crippen LogP contribution in [0.3, 0.4) is 0 Å². The molecule has 1 N–H and O–H groups in total. The van der Waals surface area contributed by atoms with E-state index in [0.29, 0.717) is 37.9 Å². The molecule has 12 heteroatoms. The van der Waals surface area contributed by atoms with E-state index in [1.54, 1.807) is 19.9 Å². The number of rotatable bonds is 4. The Bertz CT molecular complexity index is 1470. The number of amides is 2. The van der Waals surface area contributed by atoms with Crippen molar-refractivity contribution in [2.75, 3.05) is 13.7 Å². The number of nitrogens with zero attached hydrogens (tertiary/aromatic N) is 3. The molecule has 2 saturated carbocycles. The lowest BCUT2D eigenvalue weighted by Gasteiger charge is -2.35. The Morgan fingerprint density at radius 1 is 1.08 bits per heavy atom. The number of allylic oxidation sites excluding steroid dienone is 1. The van der Waals surface area contributed by atoms with Crippen molar-refractivity contribution < 1.29 is 37.4 Å². The third-order valence-corrected chi connectivity index (χ3v) is 10.8. The molecule has 2 amide bonds. The van der Waals surface area contributed by atoms with E-state index >= 15 is 8.78 Å². The van der Waals surface area contributed by atoms with Crippen molar-refractivity contribution in [1.29, 1.82) is 0 Å². The van der Waals surface area contributed by atoms with Crippen molar-refractivity contribution in [2.24, 2.45) is 22.7 Å². The summed E-state index contributed by atoms with van der Waals surface area (Å²) in [6.07, 6.45) is 5.62. The molecule has 5 rings (SSSR count). The number of nitrogens with one attached hydrogen (secondary N) is 1. The largest absolute Gasteiger partial charge is 0.497 e. The van der Waals surface area contributed by atoms with Gasteiger partial charge in [0.05, 0.1) is 31.1 Å². The highest BCUT2D eigenvalue weighted by Gasteiger charge is 2.64. The molecule has 3 fully saturated rings. The monoisotopic (exact) mass is 672 g/mol. The second-order valence-electron chi connectivity index (χ2n) is 15.2. The zero-order chi connectivity index (χ0) is 35.2. The molecule has 1 aromatic rings. The molecule has 2 bridgehead atoms. The maximum atomic E-state index is 16.9. The molecule has 264 valence electrons. The Kier molecular flexibility index (Phi) is 9.96. The van der Waals surface area contributed by atoms with Gasteiger partial charge in [0.15, 0.2) is 11.5 Å². The molecular weight excluding hydrogens is 622 g/mol. The number of hydrogen-bond donors (Lipinski definition) is 1. The average molecular weight is 673 g/mol. The minimum atomic E-state index is -3.36. The molecule has 1 aromatic heterocycles. The first-order valence-corrected chi connectivity index (χ1v) is 17.1. The molecule has 1 saturated heterocycles. The number of alkyl halides is 2. The molecule has 1 spiro atoms. The number of carbonyl (C=O) groups excluding carboxylic acids is 3. The Balaban J connectivity index is 1.62. The Hall–Kier alpha value is -3.57. The summed E-state index contributed by atoms with van der Waals surface area (Å²) in [6.45, 7) is 13.9. The quantitative estimate of drug-likeness (QED) is 0.284. The Morgan fingerprint density at radius 3 is 2.38 bits per heavy atom. The predicted octanol–water partition coefficient (Wildman–Crippen LogP) is 6.51. The van der Waals surface area contributed by atoms with Crippen LogP contribution in [0.15, 0.2) is 18.4 Å². The average Bonchev–Trinajstić information content (AvgIpc) is 3.58. The third kappa shape index (κ3) is 6.81. The lowest BCUT2D eigenvalue weighted by atomic mass is 9.85. The number of methoxy groups -OCH3 is 1. The van der Waals surface area contributed by atoms with Gasteiger partial charge >= 0.3 is 12.0 Å². The predicted molar refractivity (Wildman–Crippen MR) is 175 cm³/mol. The summed E-state index contributed by atoms with van der Waals surface area (Å²) >= 11 is 0. The van der Waals surface area contributed by atoms with Crippen molar-refractivity contribution in [3.63, 3.8) is 0 Å². The van der Waals surface area contributed by atoms with Gasteiger partial charge in [-0.25, -0.2) is 14.8 Å². The molecular formula is C36H50F2N4O6. The first kappa shape index (κ1) is 35.7. The molecule has 0 unspecified atom stereocenters. The highest BCUT2D eigenvalue weighted by atomic mass is 19.3. The number of carbonyl (C=O) groups is 3. The van der Waals surface area contributed by atoms with E-state index in [-0.39, 0.29) is 48.0 Å². The fourth-order valence-corrected chi connectivity index (χ4v) is 7.76. The van der Waals surface area contributed by atoms with Crippen LogP contribution in [0.25, 0.3) is 6.08 Å². The van der Waals surface area contributed by atoms with E-state index in [9.17, 15) is 14.4 Å². The summed E-state index contributed by atoms with van der Waals surface area (Å²) in [5, 5.41) is 2.82. The molecule has 0 aromatic carbocycles. The Labute approximate surface area is 282 Å². The van der Waals surface area contributed by atoms with E-state index in [4.69, 9.17) is 14.2 Å². The van der Waals surface area contributed by atoms with Gasteiger partial charge in [0.25, 0.3) is 0 Å². The number of ketones is 1. The van der Waals surface area contributed by atoms with Crippen LogP contribution in [-0.2, 0) is 25.0 Å². The maximum absolute atomic E-state index is 16.9. The number of Topliss-reactive ketones (excluding diaryl/α,β-unsaturated/α-hetero) is 1. The van der Waals surface area contributed by atoms with Gasteiger partial charge in [-0.2, -0.15) is 8.78 Å². The zero-order valence-corrected chi connectivity index (χ0v) is 29.2. The van der Waals surface area contributed by atoms with Crippen LogP contribution in [-0.4, -0.2) is 70.6 Å². The first-order valence-electron chi connectivity index (χ1n) is 17.1. The maximum Gasteiger partial charge on any atom is 0.408 e. The smallest absolute Gasteiger partial charge is 0.408 e. The number of ether oxygens (including phenoxy) is 3. The van der Waals surface area contributed by atoms with E-state index in [0.717, 1.165) is 12.8 Å². The van der Waals surface area contributed by atoms with Gasteiger partial charge in [0.1, 0.15) is 24.0 Å². The second-order valence-corrected chi connectivity index (χ2v) is 15.2. The molecule has 48 heavy (non-hydrogen) atoms. The van der Waals surface area contributed by atoms with Crippen LogP contribution < -0.4 is 10.1 Å². The van der Waals surface area contributed by atoms with Gasteiger partial charge in [0, 0.05) is 17.4 Å². The number of halogens is 2. The van der Waals surface area contributed by atoms with Gasteiger partial charge in [-0.05, 0) is 76.2 Å². The van der Waals surface area contributed by atoms with Crippen molar-refractivity contribution >= 4 is 23.9 Å². The summed E-state index contributed by atoms with van der Waals surface area (Å²) in [5.74, 6) is -4.63. The summed E-state index contributed by atoms with van der Waals surface area (Å²) in [6, 6.07) is -1.93. The van der Waals surface area contributed by atoms with Crippen LogP contribution in [0.5, 0.6) is 5.88 Å². The minimum Gasteiger partial charge on any atom is -0.497 e. The van der Waals surface area contributed by atoms with Crippen LogP contribution in [0.4, 0.5) is 13.6 Å². The summed E-state index contributed by atoms with van der Waals surface area (Å²) in [4.78, 5) is 51.1. The van der Waals surface area contributed by atoms with E-state index in [2.05, 4.69) is 21.9 Å². The lowest BCUT2D eigenvalue weighted by Crippen LogP contribution is -2.57. The SMILES string of the molecule is C=C/C(=C\c1nc2c(nc1C)C(F)(F)C1(CCC[C@@H]3CCC[C@H]3OC(=O)N[C@@H](C(C)(C)C)C(=O)N3C[C@H](O2)[C@@H](C)[C@H]3C(C)=O)CC1)OC. The highest BCUT2D eigenvalue weighted by molar-refractivity contribution is 5.92. The number of aryl methyl sites for hydroxylation is 1. The molecule has 3 heterocycles. The number of aromatic nitrogens is 2. The summed E-state index contributed by atoms with van der Waals surface area (Å²) in [7, 11) is 1.47. The minimum absolute atomic E-state index is 0.0389. The van der Waals surface area contributed by atoms with Gasteiger partial charge < -0.3 is 24.4 Å². The molecule has 6 atom stereocenters. The summed E-state index contributed by atoms with van der Waals surface area (Å²) in [5.41, 5.74) is -2.02. The van der Waals surface area contributed by atoms with Crippen molar-refractivity contribution in [3.05, 3.63) is 35.5 Å². The Morgan fingerprint density at radius 2 is 1.77 bits per heavy atom. The van der Waals surface area contributed by atoms with Crippen LogP contribution >= 0.6 is 0 Å². The highest BCUT2D eigenvalue weighted by Crippen LogP contribution is 2.65. The van der Waals surface area contributed by atoms with E-state index < -0.39 is 58.6 Å². The van der Waals surface area contributed by atoms with E-state index in [1.165, 1.54) is 25.0 Å². The lowest BCUT2D eigenvalue weighted by molar-refractivity contribution is -0.141.